The summed E-state index contributed by atoms with van der Waals surface area (Å²) in [5.41, 5.74) is 7.02. The van der Waals surface area contributed by atoms with E-state index in [-0.39, 0.29) is 17.5 Å². The van der Waals surface area contributed by atoms with Gasteiger partial charge >= 0.3 is 13.2 Å². The van der Waals surface area contributed by atoms with E-state index < -0.39 is 13.2 Å². The van der Waals surface area contributed by atoms with Crippen LogP contribution in [0.2, 0.25) is 0 Å². The van der Waals surface area contributed by atoms with Crippen LogP contribution in [0.4, 0.5) is 17.6 Å². The molecule has 0 amide bonds. The molecule has 4 nitrogen and oxygen atoms in total. The van der Waals surface area contributed by atoms with Gasteiger partial charge in [-0.25, -0.2) is 4.99 Å². The maximum Gasteiger partial charge on any atom is 0.387 e. The molecule has 3 aromatic carbocycles. The van der Waals surface area contributed by atoms with Crippen LogP contribution in [0.3, 0.4) is 0 Å². The molecule has 6 rings (SSSR count). The first-order valence-corrected chi connectivity index (χ1v) is 13.7. The zero-order valence-corrected chi connectivity index (χ0v) is 22.0. The van der Waals surface area contributed by atoms with Crippen molar-refractivity contribution in [2.24, 2.45) is 4.99 Å². The van der Waals surface area contributed by atoms with Crippen molar-refractivity contribution in [2.45, 2.75) is 38.5 Å². The van der Waals surface area contributed by atoms with Gasteiger partial charge in [0.1, 0.15) is 11.5 Å². The summed E-state index contributed by atoms with van der Waals surface area (Å²) in [6, 6.07) is 23.3. The maximum atomic E-state index is 12.8. The number of fused-ring (bicyclic) bond motifs is 1. The van der Waals surface area contributed by atoms with Gasteiger partial charge in [-0.2, -0.15) is 17.6 Å². The quantitative estimate of drug-likeness (QED) is 0.269. The molecule has 2 heterocycles. The lowest BCUT2D eigenvalue weighted by Gasteiger charge is -2.40. The van der Waals surface area contributed by atoms with E-state index in [4.69, 9.17) is 4.99 Å². The molecule has 204 valence electrons. The van der Waals surface area contributed by atoms with Crippen molar-refractivity contribution in [3.05, 3.63) is 118 Å². The van der Waals surface area contributed by atoms with Crippen LogP contribution >= 0.6 is 11.8 Å². The molecule has 9 heteroatoms. The van der Waals surface area contributed by atoms with E-state index in [2.05, 4.69) is 31.9 Å². The Morgan fingerprint density at radius 1 is 0.825 bits per heavy atom. The molecule has 0 N–H and O–H groups in total. The number of halogens is 4. The molecule has 0 radical (unpaired) electrons. The molecule has 0 fully saturated rings. The van der Waals surface area contributed by atoms with E-state index in [1.165, 1.54) is 12.1 Å². The summed E-state index contributed by atoms with van der Waals surface area (Å²) in [5.74, 6) is 0.214. The van der Waals surface area contributed by atoms with Gasteiger partial charge in [0, 0.05) is 5.41 Å². The number of rotatable bonds is 7. The van der Waals surface area contributed by atoms with Gasteiger partial charge in [-0.3, -0.25) is 0 Å². The van der Waals surface area contributed by atoms with Gasteiger partial charge in [-0.05, 0) is 77.4 Å². The third-order valence-electron chi connectivity index (χ3n) is 6.97. The van der Waals surface area contributed by atoms with Crippen LogP contribution in [0.25, 0.3) is 11.8 Å². The summed E-state index contributed by atoms with van der Waals surface area (Å²) in [7, 11) is 0. The first kappa shape index (κ1) is 26.3. The second kappa shape index (κ2) is 11.3. The molecule has 1 atom stereocenters. The van der Waals surface area contributed by atoms with Crippen molar-refractivity contribution in [3.8, 4) is 11.5 Å². The number of benzene rings is 3. The van der Waals surface area contributed by atoms with Crippen molar-refractivity contribution >= 4 is 28.7 Å². The Kier molecular flexibility index (Phi) is 7.38. The number of alkyl halides is 4. The summed E-state index contributed by atoms with van der Waals surface area (Å²) in [6.45, 7) is -5.76. The van der Waals surface area contributed by atoms with Crippen LogP contribution in [0.15, 0.2) is 106 Å². The van der Waals surface area contributed by atoms with Gasteiger partial charge in [-0.1, -0.05) is 66.4 Å². The Morgan fingerprint density at radius 3 is 2.12 bits per heavy atom. The fraction of sp³-hybridized carbons (Fsp3) is 0.194. The predicted octanol–water partition coefficient (Wildman–Crippen LogP) is 8.87. The second-order valence-corrected chi connectivity index (χ2v) is 10.3. The zero-order valence-electron chi connectivity index (χ0n) is 21.1. The first-order chi connectivity index (χ1) is 19.5. The van der Waals surface area contributed by atoms with Crippen LogP contribution < -0.4 is 9.47 Å². The lowest BCUT2D eigenvalue weighted by molar-refractivity contribution is -0.0505. The Hall–Kier alpha value is -3.98. The Balaban J connectivity index is 1.41. The molecule has 0 saturated carbocycles. The van der Waals surface area contributed by atoms with Crippen molar-refractivity contribution in [1.82, 2.24) is 4.90 Å². The maximum absolute atomic E-state index is 12.8. The Bertz CT molecular complexity index is 1500. The zero-order chi connectivity index (χ0) is 27.6. The van der Waals surface area contributed by atoms with Gasteiger partial charge in [0.15, 0.2) is 5.17 Å². The summed E-state index contributed by atoms with van der Waals surface area (Å²) >= 11 is 1.55. The normalized spacial score (nSPS) is 19.5. The minimum atomic E-state index is -2.89. The van der Waals surface area contributed by atoms with Gasteiger partial charge in [-0.15, -0.1) is 0 Å². The summed E-state index contributed by atoms with van der Waals surface area (Å²) in [5, 5.41) is 2.93. The number of allylic oxidation sites excluding steroid dienone is 1. The predicted molar refractivity (Wildman–Crippen MR) is 149 cm³/mol. The van der Waals surface area contributed by atoms with E-state index in [1.807, 2.05) is 36.4 Å². The van der Waals surface area contributed by atoms with Crippen molar-refractivity contribution < 1.29 is 27.0 Å². The molecule has 40 heavy (non-hydrogen) atoms. The molecule has 3 aromatic rings. The molecular formula is C31H24F4N2O2S. The Morgan fingerprint density at radius 2 is 1.48 bits per heavy atom. The highest BCUT2D eigenvalue weighted by molar-refractivity contribution is 8.16. The number of aliphatic imine (C=N–C) groups is 1. The topological polar surface area (TPSA) is 34.1 Å². The van der Waals surface area contributed by atoms with Gasteiger partial charge in [0.25, 0.3) is 0 Å². The van der Waals surface area contributed by atoms with Crippen LogP contribution in [0, 0.1) is 0 Å². The number of hydrogen-bond donors (Lipinski definition) is 0. The second-order valence-electron chi connectivity index (χ2n) is 9.45. The fourth-order valence-electron chi connectivity index (χ4n) is 5.31. The molecule has 0 unspecified atom stereocenters. The van der Waals surface area contributed by atoms with Gasteiger partial charge in [0.05, 0.1) is 17.4 Å². The minimum Gasteiger partial charge on any atom is -0.435 e. The monoisotopic (exact) mass is 564 g/mol. The summed E-state index contributed by atoms with van der Waals surface area (Å²) in [6.07, 6.45) is 4.61. The van der Waals surface area contributed by atoms with E-state index in [0.717, 1.165) is 63.7 Å². The number of hydrogen-bond acceptors (Lipinski definition) is 5. The SMILES string of the molecule is FC(F)Oc1ccc(/C=C2\CCCC3=C2N=C2SC=C(c4ccccc4)N2[C@H]3c2ccc(OC(F)F)cc2)cc1. The molecular weight excluding hydrogens is 540 g/mol. The molecule has 0 bridgehead atoms. The first-order valence-electron chi connectivity index (χ1n) is 12.8. The number of thioether (sulfide) groups is 1. The highest BCUT2D eigenvalue weighted by Crippen LogP contribution is 2.51. The third kappa shape index (κ3) is 5.38. The fourth-order valence-corrected chi connectivity index (χ4v) is 6.24. The molecule has 1 aliphatic carbocycles. The van der Waals surface area contributed by atoms with Crippen molar-refractivity contribution in [2.75, 3.05) is 0 Å². The smallest absolute Gasteiger partial charge is 0.387 e. The molecule has 0 aromatic heterocycles. The Labute approximate surface area is 233 Å². The van der Waals surface area contributed by atoms with Crippen molar-refractivity contribution in [3.63, 3.8) is 0 Å². The highest BCUT2D eigenvalue weighted by Gasteiger charge is 2.40. The largest absolute Gasteiger partial charge is 0.435 e. The van der Waals surface area contributed by atoms with Gasteiger partial charge in [0.2, 0.25) is 0 Å². The number of amidine groups is 1. The lowest BCUT2D eigenvalue weighted by Crippen LogP contribution is -2.34. The van der Waals surface area contributed by atoms with E-state index in [0.29, 0.717) is 0 Å². The van der Waals surface area contributed by atoms with E-state index in [1.54, 1.807) is 36.0 Å². The minimum absolute atomic E-state index is 0.107. The van der Waals surface area contributed by atoms with Crippen LogP contribution in [-0.2, 0) is 0 Å². The van der Waals surface area contributed by atoms with Gasteiger partial charge < -0.3 is 14.4 Å². The van der Waals surface area contributed by atoms with E-state index in [9.17, 15) is 17.6 Å². The summed E-state index contributed by atoms with van der Waals surface area (Å²) in [4.78, 5) is 7.35. The lowest BCUT2D eigenvalue weighted by atomic mass is 9.82. The average Bonchev–Trinajstić information content (AvgIpc) is 3.37. The average molecular weight is 565 g/mol. The highest BCUT2D eigenvalue weighted by atomic mass is 32.2. The van der Waals surface area contributed by atoms with Crippen LogP contribution in [0.5, 0.6) is 11.5 Å². The van der Waals surface area contributed by atoms with Crippen LogP contribution in [0.1, 0.15) is 42.0 Å². The molecule has 2 aliphatic heterocycles. The van der Waals surface area contributed by atoms with E-state index >= 15 is 0 Å². The van der Waals surface area contributed by atoms with Crippen molar-refractivity contribution in [1.29, 1.82) is 0 Å². The van der Waals surface area contributed by atoms with Crippen LogP contribution in [-0.4, -0.2) is 23.3 Å². The third-order valence-corrected chi connectivity index (χ3v) is 7.81. The number of ether oxygens (including phenoxy) is 2. The standard InChI is InChI=1S/C31H24F4N2O2S/c32-29(33)38-23-13-9-19(10-14-23)17-22-7-4-8-25-27(22)36-31-37(26(18-40-31)20-5-2-1-3-6-20)28(25)21-11-15-24(16-12-21)39-30(34)35/h1-3,5-6,9-18,28-30H,4,7-8H2/b22-17+/t28-/m0/s1. The summed E-state index contributed by atoms with van der Waals surface area (Å²) < 4.78 is 59.8. The molecule has 3 aliphatic rings. The number of nitrogens with zero attached hydrogens (tertiary/aromatic N) is 2. The molecule has 0 spiro atoms. The molecule has 0 saturated heterocycles.